The predicted molar refractivity (Wildman–Crippen MR) is 67.2 cm³/mol. The Bertz CT molecular complexity index is 339. The first-order valence-electron chi connectivity index (χ1n) is 5.70. The maximum Gasteiger partial charge on any atom is 0.126 e. The molecule has 0 saturated carbocycles. The molecule has 0 amide bonds. The van der Waals surface area contributed by atoms with Crippen molar-refractivity contribution in [1.82, 2.24) is 0 Å². The van der Waals surface area contributed by atoms with Gasteiger partial charge in [-0.05, 0) is 48.9 Å². The fourth-order valence-electron chi connectivity index (χ4n) is 1.60. The molecule has 0 bridgehead atoms. The maximum absolute atomic E-state index is 13.4. The monoisotopic (exact) mass is 243 g/mol. The van der Waals surface area contributed by atoms with E-state index in [9.17, 15) is 4.39 Å². The summed E-state index contributed by atoms with van der Waals surface area (Å²) in [7, 11) is 0. The summed E-state index contributed by atoms with van der Waals surface area (Å²) in [5.74, 6) is 0.298. The second-order valence-corrected chi connectivity index (χ2v) is 4.97. The van der Waals surface area contributed by atoms with Crippen LogP contribution in [-0.4, -0.2) is 6.04 Å². The fraction of sp³-hybridized carbons (Fsp3) is 0.538. The van der Waals surface area contributed by atoms with Gasteiger partial charge in [-0.1, -0.05) is 25.4 Å². The van der Waals surface area contributed by atoms with Crippen LogP contribution >= 0.6 is 11.6 Å². The molecule has 0 heterocycles. The van der Waals surface area contributed by atoms with Crippen molar-refractivity contribution >= 4 is 11.6 Å². The molecule has 1 aromatic rings. The highest BCUT2D eigenvalue weighted by molar-refractivity contribution is 6.30. The van der Waals surface area contributed by atoms with E-state index in [0.717, 1.165) is 12.8 Å². The zero-order valence-electron chi connectivity index (χ0n) is 9.84. The number of nitrogens with two attached hydrogens (primary N) is 1. The van der Waals surface area contributed by atoms with E-state index in [1.165, 1.54) is 6.07 Å². The third kappa shape index (κ3) is 4.11. The van der Waals surface area contributed by atoms with Crippen molar-refractivity contribution in [3.8, 4) is 0 Å². The Labute approximate surface area is 102 Å². The van der Waals surface area contributed by atoms with Gasteiger partial charge in [-0.3, -0.25) is 0 Å². The number of benzene rings is 1. The molecule has 16 heavy (non-hydrogen) atoms. The number of hydrogen-bond acceptors (Lipinski definition) is 1. The van der Waals surface area contributed by atoms with E-state index in [2.05, 4.69) is 13.8 Å². The Morgan fingerprint density at radius 2 is 2.06 bits per heavy atom. The number of aryl methyl sites for hydroxylation is 1. The van der Waals surface area contributed by atoms with E-state index in [4.69, 9.17) is 17.3 Å². The lowest BCUT2D eigenvalue weighted by Crippen LogP contribution is -2.26. The molecule has 0 saturated heterocycles. The van der Waals surface area contributed by atoms with Gasteiger partial charge < -0.3 is 5.73 Å². The Hall–Kier alpha value is -0.600. The van der Waals surface area contributed by atoms with E-state index in [1.54, 1.807) is 12.1 Å². The SMILES string of the molecule is CC(C)C(N)CCCc1cc(Cl)ccc1F. The van der Waals surface area contributed by atoms with Crippen LogP contribution in [0.25, 0.3) is 0 Å². The molecule has 1 aromatic carbocycles. The molecule has 0 aromatic heterocycles. The molecule has 1 unspecified atom stereocenters. The van der Waals surface area contributed by atoms with Crippen LogP contribution in [0, 0.1) is 11.7 Å². The first kappa shape index (κ1) is 13.5. The molecular weight excluding hydrogens is 225 g/mol. The molecule has 2 N–H and O–H groups in total. The van der Waals surface area contributed by atoms with Gasteiger partial charge in [0.1, 0.15) is 5.82 Å². The second kappa shape index (κ2) is 6.21. The van der Waals surface area contributed by atoms with E-state index >= 15 is 0 Å². The van der Waals surface area contributed by atoms with Gasteiger partial charge in [0.25, 0.3) is 0 Å². The summed E-state index contributed by atoms with van der Waals surface area (Å²) in [6.45, 7) is 4.20. The van der Waals surface area contributed by atoms with Gasteiger partial charge in [-0.15, -0.1) is 0 Å². The van der Waals surface area contributed by atoms with Gasteiger partial charge in [0, 0.05) is 11.1 Å². The standard InChI is InChI=1S/C13H19ClFN/c1-9(2)13(16)5-3-4-10-8-11(14)6-7-12(10)15/h6-9,13H,3-5,16H2,1-2H3. The minimum absolute atomic E-state index is 0.178. The Morgan fingerprint density at radius 1 is 1.38 bits per heavy atom. The van der Waals surface area contributed by atoms with Gasteiger partial charge in [0.2, 0.25) is 0 Å². The smallest absolute Gasteiger partial charge is 0.126 e. The Balaban J connectivity index is 2.45. The van der Waals surface area contributed by atoms with Gasteiger partial charge in [0.15, 0.2) is 0 Å². The van der Waals surface area contributed by atoms with Gasteiger partial charge >= 0.3 is 0 Å². The normalized spacial score (nSPS) is 13.1. The van der Waals surface area contributed by atoms with Crippen LogP contribution in [0.3, 0.4) is 0 Å². The first-order chi connectivity index (χ1) is 7.50. The van der Waals surface area contributed by atoms with Crippen LogP contribution in [0.4, 0.5) is 4.39 Å². The second-order valence-electron chi connectivity index (χ2n) is 4.54. The van der Waals surface area contributed by atoms with E-state index < -0.39 is 0 Å². The highest BCUT2D eigenvalue weighted by Gasteiger charge is 2.08. The van der Waals surface area contributed by atoms with E-state index in [0.29, 0.717) is 22.9 Å². The summed E-state index contributed by atoms with van der Waals surface area (Å²) in [6.07, 6.45) is 2.52. The maximum atomic E-state index is 13.4. The lowest BCUT2D eigenvalue weighted by molar-refractivity contribution is 0.450. The molecule has 0 aliphatic carbocycles. The molecule has 0 aliphatic rings. The largest absolute Gasteiger partial charge is 0.327 e. The molecule has 0 aliphatic heterocycles. The van der Waals surface area contributed by atoms with Crippen molar-refractivity contribution in [3.05, 3.63) is 34.6 Å². The number of hydrogen-bond donors (Lipinski definition) is 1. The van der Waals surface area contributed by atoms with Crippen molar-refractivity contribution in [1.29, 1.82) is 0 Å². The number of halogens is 2. The summed E-state index contributed by atoms with van der Waals surface area (Å²) in [5.41, 5.74) is 6.61. The summed E-state index contributed by atoms with van der Waals surface area (Å²) < 4.78 is 13.4. The van der Waals surface area contributed by atoms with E-state index in [-0.39, 0.29) is 11.9 Å². The lowest BCUT2D eigenvalue weighted by Gasteiger charge is -2.15. The van der Waals surface area contributed by atoms with Crippen molar-refractivity contribution in [3.63, 3.8) is 0 Å². The van der Waals surface area contributed by atoms with Crippen molar-refractivity contribution < 1.29 is 4.39 Å². The van der Waals surface area contributed by atoms with Crippen LogP contribution in [0.1, 0.15) is 32.3 Å². The average Bonchev–Trinajstić information content (AvgIpc) is 2.22. The molecule has 0 fully saturated rings. The minimum Gasteiger partial charge on any atom is -0.327 e. The molecule has 1 rings (SSSR count). The van der Waals surface area contributed by atoms with Gasteiger partial charge in [-0.2, -0.15) is 0 Å². The third-order valence-electron chi connectivity index (χ3n) is 2.85. The molecule has 1 nitrogen and oxygen atoms in total. The Kier molecular flexibility index (Phi) is 5.23. The average molecular weight is 244 g/mol. The van der Waals surface area contributed by atoms with Gasteiger partial charge in [0.05, 0.1) is 0 Å². The summed E-state index contributed by atoms with van der Waals surface area (Å²) in [5, 5.41) is 0.588. The summed E-state index contributed by atoms with van der Waals surface area (Å²) >= 11 is 5.82. The lowest BCUT2D eigenvalue weighted by atomic mass is 9.97. The van der Waals surface area contributed by atoms with Crippen LogP contribution in [0.15, 0.2) is 18.2 Å². The van der Waals surface area contributed by atoms with Crippen LogP contribution in [-0.2, 0) is 6.42 Å². The molecule has 1 atom stereocenters. The zero-order valence-corrected chi connectivity index (χ0v) is 10.6. The molecule has 90 valence electrons. The topological polar surface area (TPSA) is 26.0 Å². The van der Waals surface area contributed by atoms with Crippen LogP contribution in [0.2, 0.25) is 5.02 Å². The van der Waals surface area contributed by atoms with Crippen molar-refractivity contribution in [2.75, 3.05) is 0 Å². The zero-order chi connectivity index (χ0) is 12.1. The minimum atomic E-state index is -0.178. The fourth-order valence-corrected chi connectivity index (χ4v) is 1.79. The molecular formula is C13H19ClFN. The van der Waals surface area contributed by atoms with Crippen molar-refractivity contribution in [2.24, 2.45) is 11.7 Å². The van der Waals surface area contributed by atoms with E-state index in [1.807, 2.05) is 0 Å². The summed E-state index contributed by atoms with van der Waals surface area (Å²) in [4.78, 5) is 0. The molecule has 3 heteroatoms. The third-order valence-corrected chi connectivity index (χ3v) is 3.08. The highest BCUT2D eigenvalue weighted by atomic mass is 35.5. The van der Waals surface area contributed by atoms with Crippen molar-refractivity contribution in [2.45, 2.75) is 39.2 Å². The molecule has 0 spiro atoms. The summed E-state index contributed by atoms with van der Waals surface area (Å²) in [6, 6.07) is 4.88. The van der Waals surface area contributed by atoms with Crippen LogP contribution < -0.4 is 5.73 Å². The molecule has 0 radical (unpaired) electrons. The van der Waals surface area contributed by atoms with Crippen LogP contribution in [0.5, 0.6) is 0 Å². The first-order valence-corrected chi connectivity index (χ1v) is 6.08. The highest BCUT2D eigenvalue weighted by Crippen LogP contribution is 2.17. The number of rotatable bonds is 5. The quantitative estimate of drug-likeness (QED) is 0.837. The Morgan fingerprint density at radius 3 is 2.69 bits per heavy atom. The predicted octanol–water partition coefficient (Wildman–Crippen LogP) is 3.79. The van der Waals surface area contributed by atoms with Gasteiger partial charge in [-0.25, -0.2) is 4.39 Å².